The Kier molecular flexibility index (Phi) is 7.97. The van der Waals surface area contributed by atoms with E-state index in [9.17, 15) is 10.2 Å². The lowest BCUT2D eigenvalue weighted by Gasteiger charge is -2.11. The van der Waals surface area contributed by atoms with Crippen molar-refractivity contribution in [2.75, 3.05) is 0 Å². The summed E-state index contributed by atoms with van der Waals surface area (Å²) in [6.45, 7) is 2.17. The van der Waals surface area contributed by atoms with Crippen LogP contribution in [0.4, 0.5) is 0 Å². The van der Waals surface area contributed by atoms with Gasteiger partial charge in [-0.25, -0.2) is 0 Å². The predicted octanol–water partition coefficient (Wildman–Crippen LogP) is 3.12. The quantitative estimate of drug-likeness (QED) is 0.584. The van der Waals surface area contributed by atoms with E-state index in [1.165, 1.54) is 12.8 Å². The number of aliphatic hydroxyl groups excluding tert-OH is 2. The molecule has 19 heavy (non-hydrogen) atoms. The summed E-state index contributed by atoms with van der Waals surface area (Å²) in [5.41, 5.74) is 0.888. The fourth-order valence-electron chi connectivity index (χ4n) is 1.93. The molecule has 2 heteroatoms. The molecule has 0 saturated carbocycles. The maximum atomic E-state index is 9.79. The average molecular weight is 260 g/mol. The third kappa shape index (κ3) is 7.66. The molecule has 2 N–H and O–H groups in total. The Morgan fingerprint density at radius 1 is 1.05 bits per heavy atom. The van der Waals surface area contributed by atoms with Crippen LogP contribution in [0.1, 0.15) is 51.0 Å². The van der Waals surface area contributed by atoms with Gasteiger partial charge in [0.1, 0.15) is 6.10 Å². The van der Waals surface area contributed by atoms with Crippen LogP contribution in [0.5, 0.6) is 0 Å². The standard InChI is InChI=1S/C17H24O2/c1-2-3-4-8-11-16(18)14-17(19)13-12-15-9-6-5-7-10-15/h5-7,9-10,16-19H,2-4,8,11,14H2,1H3/t16-,17-/m1/s1. The molecule has 2 atom stereocenters. The second kappa shape index (κ2) is 9.61. The molecular weight excluding hydrogens is 236 g/mol. The summed E-state index contributed by atoms with van der Waals surface area (Å²) in [6.07, 6.45) is 4.48. The number of rotatable bonds is 7. The SMILES string of the molecule is CCCCCC[C@@H](O)C[C@H](O)C#Cc1ccccc1. The normalized spacial score (nSPS) is 13.4. The Balaban J connectivity index is 2.27. The third-order valence-corrected chi connectivity index (χ3v) is 3.04. The molecule has 0 heterocycles. The van der Waals surface area contributed by atoms with Gasteiger partial charge in [-0.2, -0.15) is 0 Å². The van der Waals surface area contributed by atoms with Gasteiger partial charge >= 0.3 is 0 Å². The topological polar surface area (TPSA) is 40.5 Å². The van der Waals surface area contributed by atoms with Crippen LogP contribution in [0.2, 0.25) is 0 Å². The van der Waals surface area contributed by atoms with Crippen molar-refractivity contribution in [1.29, 1.82) is 0 Å². The zero-order valence-electron chi connectivity index (χ0n) is 11.7. The van der Waals surface area contributed by atoms with Crippen LogP contribution < -0.4 is 0 Å². The molecule has 0 unspecified atom stereocenters. The van der Waals surface area contributed by atoms with Crippen LogP contribution in [0.25, 0.3) is 0 Å². The van der Waals surface area contributed by atoms with Gasteiger partial charge in [-0.1, -0.05) is 62.6 Å². The molecule has 1 aromatic carbocycles. The summed E-state index contributed by atoms with van der Waals surface area (Å²) < 4.78 is 0. The first-order valence-corrected chi connectivity index (χ1v) is 7.15. The molecule has 2 nitrogen and oxygen atoms in total. The second-order valence-electron chi connectivity index (χ2n) is 4.89. The van der Waals surface area contributed by atoms with Gasteiger partial charge in [0, 0.05) is 12.0 Å². The van der Waals surface area contributed by atoms with Gasteiger partial charge < -0.3 is 10.2 Å². The molecule has 0 saturated heterocycles. The first kappa shape index (κ1) is 15.8. The Hall–Kier alpha value is -1.30. The number of benzene rings is 1. The molecule has 0 bridgehead atoms. The van der Waals surface area contributed by atoms with E-state index in [-0.39, 0.29) is 0 Å². The Morgan fingerprint density at radius 2 is 1.79 bits per heavy atom. The Labute approximate surface area is 116 Å². The first-order chi connectivity index (χ1) is 9.22. The summed E-state index contributed by atoms with van der Waals surface area (Å²) in [4.78, 5) is 0. The van der Waals surface area contributed by atoms with Crippen molar-refractivity contribution in [2.24, 2.45) is 0 Å². The number of unbranched alkanes of at least 4 members (excludes halogenated alkanes) is 3. The van der Waals surface area contributed by atoms with E-state index in [0.29, 0.717) is 6.42 Å². The molecule has 0 amide bonds. The summed E-state index contributed by atoms with van der Waals surface area (Å²) in [6, 6.07) is 9.57. The fourth-order valence-corrected chi connectivity index (χ4v) is 1.93. The number of hydrogen-bond acceptors (Lipinski definition) is 2. The fraction of sp³-hybridized carbons (Fsp3) is 0.529. The van der Waals surface area contributed by atoms with E-state index in [1.54, 1.807) is 0 Å². The molecule has 0 aliphatic rings. The number of aliphatic hydroxyl groups is 2. The van der Waals surface area contributed by atoms with Gasteiger partial charge in [0.15, 0.2) is 0 Å². The van der Waals surface area contributed by atoms with Gasteiger partial charge in [0.25, 0.3) is 0 Å². The maximum absolute atomic E-state index is 9.79. The van der Waals surface area contributed by atoms with Gasteiger partial charge in [-0.3, -0.25) is 0 Å². The van der Waals surface area contributed by atoms with E-state index in [2.05, 4.69) is 18.8 Å². The van der Waals surface area contributed by atoms with E-state index in [4.69, 9.17) is 0 Å². The highest BCUT2D eigenvalue weighted by molar-refractivity contribution is 5.34. The van der Waals surface area contributed by atoms with E-state index in [1.807, 2.05) is 30.3 Å². The number of hydrogen-bond donors (Lipinski definition) is 2. The van der Waals surface area contributed by atoms with Crippen molar-refractivity contribution in [3.05, 3.63) is 35.9 Å². The zero-order chi connectivity index (χ0) is 13.9. The van der Waals surface area contributed by atoms with Gasteiger partial charge in [0.2, 0.25) is 0 Å². The molecule has 104 valence electrons. The Bertz CT molecular complexity index is 389. The molecular formula is C17H24O2. The minimum Gasteiger partial charge on any atom is -0.393 e. The van der Waals surface area contributed by atoms with Crippen LogP contribution in [0.15, 0.2) is 30.3 Å². The Morgan fingerprint density at radius 3 is 2.47 bits per heavy atom. The average Bonchev–Trinajstić information content (AvgIpc) is 2.42. The molecule has 1 rings (SSSR count). The minimum absolute atomic E-state index is 0.339. The molecule has 0 aromatic heterocycles. The minimum atomic E-state index is -0.749. The summed E-state index contributed by atoms with van der Waals surface area (Å²) in [5, 5.41) is 19.5. The van der Waals surface area contributed by atoms with Crippen molar-refractivity contribution < 1.29 is 10.2 Å². The molecule has 0 aliphatic carbocycles. The lowest BCUT2D eigenvalue weighted by molar-refractivity contribution is 0.0994. The zero-order valence-corrected chi connectivity index (χ0v) is 11.7. The van der Waals surface area contributed by atoms with Crippen molar-refractivity contribution in [3.8, 4) is 11.8 Å². The van der Waals surface area contributed by atoms with Crippen molar-refractivity contribution in [1.82, 2.24) is 0 Å². The van der Waals surface area contributed by atoms with Crippen LogP contribution in [-0.4, -0.2) is 22.4 Å². The highest BCUT2D eigenvalue weighted by atomic mass is 16.3. The lowest BCUT2D eigenvalue weighted by Crippen LogP contribution is -2.16. The van der Waals surface area contributed by atoms with E-state index in [0.717, 1.165) is 24.8 Å². The van der Waals surface area contributed by atoms with Crippen molar-refractivity contribution >= 4 is 0 Å². The largest absolute Gasteiger partial charge is 0.393 e. The molecule has 0 aliphatic heterocycles. The van der Waals surface area contributed by atoms with Gasteiger partial charge in [0.05, 0.1) is 6.10 Å². The summed E-state index contributed by atoms with van der Waals surface area (Å²) in [5.74, 6) is 5.69. The highest BCUT2D eigenvalue weighted by Gasteiger charge is 2.09. The van der Waals surface area contributed by atoms with Gasteiger partial charge in [-0.05, 0) is 18.6 Å². The summed E-state index contributed by atoms with van der Waals surface area (Å²) in [7, 11) is 0. The van der Waals surface area contributed by atoms with Crippen LogP contribution >= 0.6 is 0 Å². The van der Waals surface area contributed by atoms with E-state index < -0.39 is 12.2 Å². The third-order valence-electron chi connectivity index (χ3n) is 3.04. The highest BCUT2D eigenvalue weighted by Crippen LogP contribution is 2.09. The monoisotopic (exact) mass is 260 g/mol. The molecule has 0 radical (unpaired) electrons. The molecule has 0 fully saturated rings. The van der Waals surface area contributed by atoms with Crippen LogP contribution in [0, 0.1) is 11.8 Å². The lowest BCUT2D eigenvalue weighted by atomic mass is 10.0. The van der Waals surface area contributed by atoms with Crippen LogP contribution in [0.3, 0.4) is 0 Å². The predicted molar refractivity (Wildman–Crippen MR) is 78.7 cm³/mol. The summed E-state index contributed by atoms with van der Waals surface area (Å²) >= 11 is 0. The molecule has 1 aromatic rings. The van der Waals surface area contributed by atoms with Crippen LogP contribution in [-0.2, 0) is 0 Å². The first-order valence-electron chi connectivity index (χ1n) is 7.15. The van der Waals surface area contributed by atoms with Crippen molar-refractivity contribution in [2.45, 2.75) is 57.7 Å². The smallest absolute Gasteiger partial charge is 0.117 e. The molecule has 0 spiro atoms. The second-order valence-corrected chi connectivity index (χ2v) is 4.89. The van der Waals surface area contributed by atoms with Crippen molar-refractivity contribution in [3.63, 3.8) is 0 Å². The van der Waals surface area contributed by atoms with Gasteiger partial charge in [-0.15, -0.1) is 0 Å². The maximum Gasteiger partial charge on any atom is 0.117 e. The van der Waals surface area contributed by atoms with E-state index >= 15 is 0 Å².